The van der Waals surface area contributed by atoms with Crippen molar-refractivity contribution >= 4 is 17.5 Å². The summed E-state index contributed by atoms with van der Waals surface area (Å²) in [6.45, 7) is 2.13. The SMILES string of the molecule is CC[C@@H]1C(=O)C[C@H](c2ccccc2)S[C@@H]1c1ccccc1. The molecule has 0 spiro atoms. The lowest BCUT2D eigenvalue weighted by Crippen LogP contribution is -2.27. The summed E-state index contributed by atoms with van der Waals surface area (Å²) in [4.78, 5) is 12.6. The van der Waals surface area contributed by atoms with Crippen LogP contribution >= 0.6 is 11.8 Å². The van der Waals surface area contributed by atoms with E-state index in [1.165, 1.54) is 11.1 Å². The van der Waals surface area contributed by atoms with Crippen molar-refractivity contribution < 1.29 is 4.79 Å². The molecule has 3 rings (SSSR count). The van der Waals surface area contributed by atoms with E-state index in [1.807, 2.05) is 23.9 Å². The molecule has 108 valence electrons. The molecule has 0 N–H and O–H groups in total. The zero-order valence-corrected chi connectivity index (χ0v) is 13.1. The topological polar surface area (TPSA) is 17.1 Å². The second kappa shape index (κ2) is 6.48. The molecule has 2 heteroatoms. The molecule has 0 radical (unpaired) electrons. The second-order valence-corrected chi connectivity index (χ2v) is 6.90. The number of hydrogen-bond acceptors (Lipinski definition) is 2. The van der Waals surface area contributed by atoms with Crippen molar-refractivity contribution in [3.8, 4) is 0 Å². The Balaban J connectivity index is 1.91. The van der Waals surface area contributed by atoms with Crippen LogP contribution in [-0.2, 0) is 4.79 Å². The summed E-state index contributed by atoms with van der Waals surface area (Å²) in [5, 5.41) is 0.564. The van der Waals surface area contributed by atoms with Gasteiger partial charge in [-0.1, -0.05) is 67.6 Å². The van der Waals surface area contributed by atoms with Crippen molar-refractivity contribution in [2.24, 2.45) is 5.92 Å². The monoisotopic (exact) mass is 296 g/mol. The molecule has 0 amide bonds. The molecule has 0 saturated carbocycles. The summed E-state index contributed by atoms with van der Waals surface area (Å²) < 4.78 is 0. The van der Waals surface area contributed by atoms with Crippen LogP contribution in [0.25, 0.3) is 0 Å². The molecule has 2 aromatic carbocycles. The third-order valence-corrected chi connectivity index (χ3v) is 5.88. The highest BCUT2D eigenvalue weighted by atomic mass is 32.2. The van der Waals surface area contributed by atoms with Gasteiger partial charge in [0.15, 0.2) is 0 Å². The predicted octanol–water partition coefficient (Wildman–Crippen LogP) is 5.20. The fraction of sp³-hybridized carbons (Fsp3) is 0.316. The van der Waals surface area contributed by atoms with Gasteiger partial charge < -0.3 is 0 Å². The highest BCUT2D eigenvalue weighted by Gasteiger charge is 2.37. The molecule has 0 aromatic heterocycles. The Labute approximate surface area is 130 Å². The zero-order chi connectivity index (χ0) is 14.7. The molecule has 3 atom stereocenters. The number of Topliss-reactive ketones (excluding diaryl/α,β-unsaturated/α-hetero) is 1. The first-order valence-electron chi connectivity index (χ1n) is 7.57. The minimum atomic E-state index is 0.150. The fourth-order valence-corrected chi connectivity index (χ4v) is 4.86. The highest BCUT2D eigenvalue weighted by molar-refractivity contribution is 7.99. The molecule has 1 nitrogen and oxygen atoms in total. The van der Waals surface area contributed by atoms with Crippen LogP contribution in [-0.4, -0.2) is 5.78 Å². The van der Waals surface area contributed by atoms with Gasteiger partial charge in [-0.3, -0.25) is 4.79 Å². The molecular weight excluding hydrogens is 276 g/mol. The molecule has 1 aliphatic rings. The Morgan fingerprint density at radius 3 is 2.10 bits per heavy atom. The molecule has 0 unspecified atom stereocenters. The van der Waals surface area contributed by atoms with Crippen LogP contribution < -0.4 is 0 Å². The summed E-state index contributed by atoms with van der Waals surface area (Å²) in [7, 11) is 0. The van der Waals surface area contributed by atoms with E-state index in [-0.39, 0.29) is 16.4 Å². The summed E-state index contributed by atoms with van der Waals surface area (Å²) >= 11 is 1.95. The van der Waals surface area contributed by atoms with Gasteiger partial charge >= 0.3 is 0 Å². The van der Waals surface area contributed by atoms with Crippen LogP contribution in [0.2, 0.25) is 0 Å². The summed E-state index contributed by atoms with van der Waals surface area (Å²) in [6, 6.07) is 20.9. The van der Waals surface area contributed by atoms with Gasteiger partial charge in [-0.05, 0) is 17.5 Å². The second-order valence-electron chi connectivity index (χ2n) is 5.55. The van der Waals surface area contributed by atoms with Gasteiger partial charge in [0.05, 0.1) is 0 Å². The Bertz CT molecular complexity index is 593. The summed E-state index contributed by atoms with van der Waals surface area (Å²) in [5.74, 6) is 0.566. The van der Waals surface area contributed by atoms with Crippen molar-refractivity contribution in [1.29, 1.82) is 0 Å². The highest BCUT2D eigenvalue weighted by Crippen LogP contribution is 2.52. The van der Waals surface area contributed by atoms with Gasteiger partial charge in [0.1, 0.15) is 5.78 Å². The van der Waals surface area contributed by atoms with Crippen molar-refractivity contribution in [3.05, 3.63) is 71.8 Å². The number of carbonyl (C=O) groups is 1. The third kappa shape index (κ3) is 3.06. The number of thioether (sulfide) groups is 1. The maximum atomic E-state index is 12.6. The lowest BCUT2D eigenvalue weighted by Gasteiger charge is -2.35. The maximum Gasteiger partial charge on any atom is 0.138 e. The Morgan fingerprint density at radius 1 is 0.952 bits per heavy atom. The third-order valence-electron chi connectivity index (χ3n) is 4.22. The Kier molecular flexibility index (Phi) is 4.45. The van der Waals surface area contributed by atoms with Gasteiger partial charge in [-0.15, -0.1) is 11.8 Å². The lowest BCUT2D eigenvalue weighted by molar-refractivity contribution is -0.123. The van der Waals surface area contributed by atoms with Crippen molar-refractivity contribution in [2.45, 2.75) is 30.3 Å². The molecule has 0 bridgehead atoms. The van der Waals surface area contributed by atoms with E-state index in [0.29, 0.717) is 12.2 Å². The molecule has 1 saturated heterocycles. The molecule has 0 aliphatic carbocycles. The van der Waals surface area contributed by atoms with E-state index in [4.69, 9.17) is 0 Å². The number of benzene rings is 2. The van der Waals surface area contributed by atoms with Crippen LogP contribution in [0.5, 0.6) is 0 Å². The van der Waals surface area contributed by atoms with Crippen LogP contribution in [0.1, 0.15) is 41.4 Å². The van der Waals surface area contributed by atoms with Crippen molar-refractivity contribution in [3.63, 3.8) is 0 Å². The molecule has 1 aliphatic heterocycles. The lowest BCUT2D eigenvalue weighted by atomic mass is 9.88. The zero-order valence-electron chi connectivity index (χ0n) is 12.2. The Morgan fingerprint density at radius 2 is 1.52 bits per heavy atom. The molecular formula is C19H20OS. The van der Waals surface area contributed by atoms with E-state index in [2.05, 4.69) is 55.5 Å². The molecule has 21 heavy (non-hydrogen) atoms. The van der Waals surface area contributed by atoms with Gasteiger partial charge in [0.25, 0.3) is 0 Å². The van der Waals surface area contributed by atoms with Gasteiger partial charge in [0.2, 0.25) is 0 Å². The van der Waals surface area contributed by atoms with E-state index >= 15 is 0 Å². The van der Waals surface area contributed by atoms with Gasteiger partial charge in [-0.2, -0.15) is 0 Å². The fourth-order valence-electron chi connectivity index (χ4n) is 3.08. The van der Waals surface area contributed by atoms with Crippen molar-refractivity contribution in [1.82, 2.24) is 0 Å². The summed E-state index contributed by atoms with van der Waals surface area (Å²) in [6.07, 6.45) is 1.59. The average Bonchev–Trinajstić information content (AvgIpc) is 2.55. The minimum absolute atomic E-state index is 0.150. The molecule has 2 aromatic rings. The smallest absolute Gasteiger partial charge is 0.138 e. The van der Waals surface area contributed by atoms with E-state index < -0.39 is 0 Å². The largest absolute Gasteiger partial charge is 0.299 e. The Hall–Kier alpha value is -1.54. The van der Waals surface area contributed by atoms with Crippen LogP contribution in [0.4, 0.5) is 0 Å². The average molecular weight is 296 g/mol. The molecule has 1 heterocycles. The molecule has 1 fully saturated rings. The first kappa shape index (κ1) is 14.4. The van der Waals surface area contributed by atoms with E-state index in [9.17, 15) is 4.79 Å². The number of rotatable bonds is 3. The predicted molar refractivity (Wildman–Crippen MR) is 89.4 cm³/mol. The van der Waals surface area contributed by atoms with Crippen LogP contribution in [0, 0.1) is 5.92 Å². The van der Waals surface area contributed by atoms with E-state index in [0.717, 1.165) is 6.42 Å². The van der Waals surface area contributed by atoms with Gasteiger partial charge in [0, 0.05) is 22.8 Å². The van der Waals surface area contributed by atoms with Crippen molar-refractivity contribution in [2.75, 3.05) is 0 Å². The standard InChI is InChI=1S/C19H20OS/c1-2-16-17(20)13-18(14-9-5-3-6-10-14)21-19(16)15-11-7-4-8-12-15/h3-12,16,18-19H,2,13H2,1H3/t16-,18-,19-/m1/s1. The normalized spacial score (nSPS) is 25.8. The minimum Gasteiger partial charge on any atom is -0.299 e. The first-order valence-corrected chi connectivity index (χ1v) is 8.52. The number of ketones is 1. The van der Waals surface area contributed by atoms with Gasteiger partial charge in [-0.25, -0.2) is 0 Å². The summed E-state index contributed by atoms with van der Waals surface area (Å²) in [5.41, 5.74) is 2.55. The quantitative estimate of drug-likeness (QED) is 0.774. The maximum absolute atomic E-state index is 12.6. The number of carbonyl (C=O) groups excluding carboxylic acids is 1. The van der Waals surface area contributed by atoms with E-state index in [1.54, 1.807) is 0 Å². The van der Waals surface area contributed by atoms with Crippen LogP contribution in [0.15, 0.2) is 60.7 Å². The first-order chi connectivity index (χ1) is 10.3. The number of hydrogen-bond donors (Lipinski definition) is 0. The van der Waals surface area contributed by atoms with Crippen LogP contribution in [0.3, 0.4) is 0 Å².